The fourth-order valence-electron chi connectivity index (χ4n) is 2.14. The zero-order valence-electron chi connectivity index (χ0n) is 13.8. The van der Waals surface area contributed by atoms with Crippen LogP contribution in [0.5, 0.6) is 5.75 Å². The van der Waals surface area contributed by atoms with Crippen molar-refractivity contribution in [3.63, 3.8) is 0 Å². The molecule has 3 aromatic rings. The second kappa shape index (κ2) is 8.49. The number of aromatic nitrogens is 2. The van der Waals surface area contributed by atoms with E-state index < -0.39 is 5.91 Å². The number of nitrogens with zero attached hydrogens (tertiary/aromatic N) is 2. The molecular formula is C18H15Cl2N3O2S. The monoisotopic (exact) mass is 407 g/mol. The van der Waals surface area contributed by atoms with Crippen LogP contribution >= 0.6 is 34.5 Å². The van der Waals surface area contributed by atoms with E-state index in [9.17, 15) is 4.79 Å². The lowest BCUT2D eigenvalue weighted by Crippen LogP contribution is -2.14. The Morgan fingerprint density at radius 3 is 2.65 bits per heavy atom. The maximum Gasteiger partial charge on any atom is 0.277 e. The predicted octanol–water partition coefficient (Wildman–Crippen LogP) is 5.55. The first-order valence-electron chi connectivity index (χ1n) is 7.89. The number of halogens is 2. The first-order chi connectivity index (χ1) is 12.6. The Bertz CT molecular complexity index is 913. The van der Waals surface area contributed by atoms with Crippen LogP contribution in [0.25, 0.3) is 11.3 Å². The molecule has 0 aliphatic heterocycles. The van der Waals surface area contributed by atoms with Gasteiger partial charge in [0.25, 0.3) is 5.91 Å². The third-order valence-corrected chi connectivity index (χ3v) is 4.65. The summed E-state index contributed by atoms with van der Waals surface area (Å²) in [5, 5.41) is 5.44. The minimum absolute atomic E-state index is 0.0633. The molecule has 0 aliphatic carbocycles. The van der Waals surface area contributed by atoms with Gasteiger partial charge in [0.2, 0.25) is 0 Å². The number of nitrogens with one attached hydrogen (secondary N) is 1. The van der Waals surface area contributed by atoms with Gasteiger partial charge in [-0.2, -0.15) is 0 Å². The van der Waals surface area contributed by atoms with Crippen molar-refractivity contribution < 1.29 is 9.53 Å². The van der Waals surface area contributed by atoms with E-state index in [1.807, 2.05) is 29.6 Å². The number of hydrogen-bond donors (Lipinski definition) is 1. The Hall–Kier alpha value is -2.15. The molecular weight excluding hydrogens is 393 g/mol. The molecule has 0 radical (unpaired) electrons. The zero-order chi connectivity index (χ0) is 18.5. The summed E-state index contributed by atoms with van der Waals surface area (Å²) in [7, 11) is 0. The van der Waals surface area contributed by atoms with E-state index in [-0.39, 0.29) is 15.9 Å². The van der Waals surface area contributed by atoms with Crippen molar-refractivity contribution >= 4 is 45.6 Å². The van der Waals surface area contributed by atoms with E-state index in [2.05, 4.69) is 22.2 Å². The highest BCUT2D eigenvalue weighted by Crippen LogP contribution is 2.27. The number of rotatable bonds is 6. The van der Waals surface area contributed by atoms with Crippen LogP contribution < -0.4 is 10.1 Å². The zero-order valence-corrected chi connectivity index (χ0v) is 16.2. The van der Waals surface area contributed by atoms with Gasteiger partial charge in [-0.05, 0) is 42.8 Å². The molecule has 0 atom stereocenters. The molecule has 0 spiro atoms. The van der Waals surface area contributed by atoms with Gasteiger partial charge in [0.05, 0.1) is 17.3 Å². The lowest BCUT2D eigenvalue weighted by atomic mass is 10.2. The Kier molecular flexibility index (Phi) is 6.08. The summed E-state index contributed by atoms with van der Waals surface area (Å²) in [6.07, 6.45) is 0.961. The van der Waals surface area contributed by atoms with Crippen molar-refractivity contribution in [3.05, 3.63) is 57.6 Å². The second-order valence-corrected chi connectivity index (χ2v) is 6.98. The fraction of sp³-hybridized carbons (Fsp3) is 0.167. The van der Waals surface area contributed by atoms with Crippen molar-refractivity contribution in [2.24, 2.45) is 0 Å². The van der Waals surface area contributed by atoms with E-state index in [1.165, 1.54) is 23.5 Å². The average molecular weight is 408 g/mol. The minimum Gasteiger partial charge on any atom is -0.494 e. The Morgan fingerprint density at radius 1 is 1.15 bits per heavy atom. The number of hydrogen-bond acceptors (Lipinski definition) is 5. The second-order valence-electron chi connectivity index (χ2n) is 5.33. The number of amides is 1. The van der Waals surface area contributed by atoms with Crippen LogP contribution in [0.4, 0.5) is 5.13 Å². The number of carbonyl (C=O) groups excluding carboxylic acids is 1. The van der Waals surface area contributed by atoms with Crippen LogP contribution in [0.2, 0.25) is 10.2 Å². The fourth-order valence-corrected chi connectivity index (χ4v) is 3.19. The summed E-state index contributed by atoms with van der Waals surface area (Å²) in [6.45, 7) is 2.75. The number of benzene rings is 1. The third kappa shape index (κ3) is 4.52. The Balaban J connectivity index is 1.71. The Morgan fingerprint density at radius 2 is 1.92 bits per heavy atom. The van der Waals surface area contributed by atoms with E-state index in [4.69, 9.17) is 27.9 Å². The molecule has 1 N–H and O–H groups in total. The topological polar surface area (TPSA) is 64.1 Å². The van der Waals surface area contributed by atoms with E-state index in [0.717, 1.165) is 23.4 Å². The largest absolute Gasteiger partial charge is 0.494 e. The molecule has 0 unspecified atom stereocenters. The summed E-state index contributed by atoms with van der Waals surface area (Å²) in [5.74, 6) is 0.364. The highest BCUT2D eigenvalue weighted by atomic mass is 35.5. The molecule has 0 saturated carbocycles. The molecule has 26 heavy (non-hydrogen) atoms. The lowest BCUT2D eigenvalue weighted by molar-refractivity contribution is 0.102. The standard InChI is InChI=1S/C18H15Cl2N3O2S/c1-2-9-25-12-5-3-11(4-6-12)14-10-26-18(21-14)23-17(24)16-13(19)7-8-15(20)22-16/h3-8,10H,2,9H2,1H3,(H,21,23,24). The van der Waals surface area contributed by atoms with Crippen LogP contribution in [0.15, 0.2) is 41.8 Å². The molecule has 134 valence electrons. The molecule has 2 heterocycles. The van der Waals surface area contributed by atoms with Gasteiger partial charge >= 0.3 is 0 Å². The van der Waals surface area contributed by atoms with Crippen molar-refractivity contribution in [3.8, 4) is 17.0 Å². The Labute approximate surface area is 165 Å². The molecule has 5 nitrogen and oxygen atoms in total. The molecule has 2 aromatic heterocycles. The van der Waals surface area contributed by atoms with E-state index >= 15 is 0 Å². The SMILES string of the molecule is CCCOc1ccc(-c2csc(NC(=O)c3nc(Cl)ccc3Cl)n2)cc1. The van der Waals surface area contributed by atoms with Crippen LogP contribution in [0.1, 0.15) is 23.8 Å². The molecule has 1 amide bonds. The summed E-state index contributed by atoms with van der Waals surface area (Å²) in [6, 6.07) is 10.7. The van der Waals surface area contributed by atoms with Crippen molar-refractivity contribution in [2.75, 3.05) is 11.9 Å². The normalized spacial score (nSPS) is 10.6. The van der Waals surface area contributed by atoms with Gasteiger partial charge < -0.3 is 4.74 Å². The smallest absolute Gasteiger partial charge is 0.277 e. The van der Waals surface area contributed by atoms with Gasteiger partial charge in [0.1, 0.15) is 16.6 Å². The number of ether oxygens (including phenoxy) is 1. The van der Waals surface area contributed by atoms with Crippen molar-refractivity contribution in [1.82, 2.24) is 9.97 Å². The lowest BCUT2D eigenvalue weighted by Gasteiger charge is -2.05. The average Bonchev–Trinajstić information content (AvgIpc) is 3.10. The van der Waals surface area contributed by atoms with Crippen LogP contribution in [-0.4, -0.2) is 22.5 Å². The molecule has 1 aromatic carbocycles. The summed E-state index contributed by atoms with van der Waals surface area (Å²) in [5.41, 5.74) is 1.76. The molecule has 8 heteroatoms. The first kappa shape index (κ1) is 18.6. The van der Waals surface area contributed by atoms with Gasteiger partial charge in [-0.1, -0.05) is 30.1 Å². The quantitative estimate of drug-likeness (QED) is 0.543. The van der Waals surface area contributed by atoms with Gasteiger partial charge in [-0.25, -0.2) is 9.97 Å². The number of anilines is 1. The highest BCUT2D eigenvalue weighted by Gasteiger charge is 2.15. The van der Waals surface area contributed by atoms with E-state index in [0.29, 0.717) is 11.7 Å². The summed E-state index contributed by atoms with van der Waals surface area (Å²) < 4.78 is 5.57. The van der Waals surface area contributed by atoms with Gasteiger partial charge in [0, 0.05) is 10.9 Å². The first-order valence-corrected chi connectivity index (χ1v) is 9.52. The summed E-state index contributed by atoms with van der Waals surface area (Å²) >= 11 is 13.1. The maximum atomic E-state index is 12.3. The van der Waals surface area contributed by atoms with Crippen molar-refractivity contribution in [1.29, 1.82) is 0 Å². The summed E-state index contributed by atoms with van der Waals surface area (Å²) in [4.78, 5) is 20.7. The van der Waals surface area contributed by atoms with Gasteiger partial charge in [-0.15, -0.1) is 11.3 Å². The van der Waals surface area contributed by atoms with Crippen molar-refractivity contribution in [2.45, 2.75) is 13.3 Å². The third-order valence-electron chi connectivity index (χ3n) is 3.37. The molecule has 0 aliphatic rings. The van der Waals surface area contributed by atoms with E-state index in [1.54, 1.807) is 0 Å². The molecule has 3 rings (SSSR count). The minimum atomic E-state index is -0.457. The van der Waals surface area contributed by atoms with Gasteiger partial charge in [0.15, 0.2) is 5.13 Å². The number of thiazole rings is 1. The predicted molar refractivity (Wildman–Crippen MR) is 106 cm³/mol. The maximum absolute atomic E-state index is 12.3. The van der Waals surface area contributed by atoms with Gasteiger partial charge in [-0.3, -0.25) is 10.1 Å². The molecule has 0 bridgehead atoms. The van der Waals surface area contributed by atoms with Crippen LogP contribution in [0.3, 0.4) is 0 Å². The molecule has 0 saturated heterocycles. The van der Waals surface area contributed by atoms with Crippen LogP contribution in [0, 0.1) is 0 Å². The molecule has 0 fully saturated rings. The number of carbonyl (C=O) groups is 1. The highest BCUT2D eigenvalue weighted by molar-refractivity contribution is 7.14. The van der Waals surface area contributed by atoms with Crippen LogP contribution in [-0.2, 0) is 0 Å². The number of pyridine rings is 1.